The molecule has 148 valence electrons. The highest BCUT2D eigenvalue weighted by molar-refractivity contribution is 7.99. The molecular formula is C20H23ClN4O2S. The van der Waals surface area contributed by atoms with E-state index in [1.165, 1.54) is 11.8 Å². The summed E-state index contributed by atoms with van der Waals surface area (Å²) in [6.07, 6.45) is 0. The Kier molecular flexibility index (Phi) is 6.46. The van der Waals surface area contributed by atoms with Crippen LogP contribution < -0.4 is 4.74 Å². The maximum absolute atomic E-state index is 12.6. The largest absolute Gasteiger partial charge is 0.486 e. The molecule has 0 saturated heterocycles. The normalized spacial score (nSPS) is 11.0. The third kappa shape index (κ3) is 4.59. The molecule has 0 aliphatic heterocycles. The summed E-state index contributed by atoms with van der Waals surface area (Å²) in [4.78, 5) is 16.9. The first-order valence-corrected chi connectivity index (χ1v) is 10.4. The molecule has 0 bridgehead atoms. The van der Waals surface area contributed by atoms with Crippen molar-refractivity contribution in [2.45, 2.75) is 46.0 Å². The zero-order valence-corrected chi connectivity index (χ0v) is 17.9. The van der Waals surface area contributed by atoms with Crippen molar-refractivity contribution in [3.8, 4) is 5.75 Å². The second-order valence-corrected chi connectivity index (χ2v) is 7.85. The van der Waals surface area contributed by atoms with Crippen LogP contribution in [0.15, 0.2) is 29.4 Å². The lowest BCUT2D eigenvalue weighted by molar-refractivity contribution is 0.102. The third-order valence-corrected chi connectivity index (χ3v) is 5.81. The van der Waals surface area contributed by atoms with E-state index in [1.807, 2.05) is 39.0 Å². The lowest BCUT2D eigenvalue weighted by Crippen LogP contribution is -2.06. The van der Waals surface area contributed by atoms with E-state index in [-0.39, 0.29) is 12.4 Å². The minimum absolute atomic E-state index is 0.0806. The summed E-state index contributed by atoms with van der Waals surface area (Å²) < 4.78 is 7.85. The van der Waals surface area contributed by atoms with Crippen LogP contribution in [0.3, 0.4) is 0 Å². The molecule has 0 saturated carbocycles. The van der Waals surface area contributed by atoms with Gasteiger partial charge in [-0.15, -0.1) is 5.10 Å². The predicted octanol–water partition coefficient (Wildman–Crippen LogP) is 4.76. The zero-order chi connectivity index (χ0) is 20.3. The van der Waals surface area contributed by atoms with E-state index in [0.717, 1.165) is 29.1 Å². The molecule has 6 nitrogen and oxygen atoms in total. The number of carbonyl (C=O) groups is 1. The Hall–Kier alpha value is -2.25. The Morgan fingerprint density at radius 1 is 1.29 bits per heavy atom. The minimum atomic E-state index is 0.0806. The second-order valence-electron chi connectivity index (χ2n) is 6.51. The maximum Gasteiger partial charge on any atom is 0.208 e. The molecule has 3 rings (SSSR count). The Balaban J connectivity index is 1.56. The highest BCUT2D eigenvalue weighted by atomic mass is 35.5. The summed E-state index contributed by atoms with van der Waals surface area (Å²) in [6, 6.07) is 7.44. The Bertz CT molecular complexity index is 996. The van der Waals surface area contributed by atoms with Gasteiger partial charge in [0.25, 0.3) is 0 Å². The number of Topliss-reactive ketones (excluding diaryl/α,β-unsaturated/α-hetero) is 1. The number of ether oxygens (including phenoxy) is 1. The van der Waals surface area contributed by atoms with Crippen LogP contribution in [0.2, 0.25) is 5.02 Å². The molecule has 8 heteroatoms. The van der Waals surface area contributed by atoms with Crippen LogP contribution >= 0.6 is 23.4 Å². The van der Waals surface area contributed by atoms with E-state index in [1.54, 1.807) is 6.07 Å². The van der Waals surface area contributed by atoms with Gasteiger partial charge in [0.15, 0.2) is 11.6 Å². The summed E-state index contributed by atoms with van der Waals surface area (Å²) in [5.74, 6) is 1.69. The monoisotopic (exact) mass is 418 g/mol. The quantitative estimate of drug-likeness (QED) is 0.421. The first-order chi connectivity index (χ1) is 13.4. The van der Waals surface area contributed by atoms with Gasteiger partial charge < -0.3 is 9.30 Å². The number of carbonyl (C=O) groups excluding carboxylic acids is 1. The highest BCUT2D eigenvalue weighted by Crippen LogP contribution is 2.22. The molecule has 0 atom stereocenters. The molecule has 0 spiro atoms. The van der Waals surface area contributed by atoms with Crippen LogP contribution in [0.25, 0.3) is 0 Å². The third-order valence-electron chi connectivity index (χ3n) is 4.54. The van der Waals surface area contributed by atoms with Crippen molar-refractivity contribution in [1.82, 2.24) is 19.7 Å². The summed E-state index contributed by atoms with van der Waals surface area (Å²) in [6.45, 7) is 9.12. The Morgan fingerprint density at radius 2 is 2.07 bits per heavy atom. The Morgan fingerprint density at radius 3 is 2.75 bits per heavy atom. The molecule has 1 aromatic carbocycles. The van der Waals surface area contributed by atoms with Gasteiger partial charge in [-0.25, -0.2) is 4.98 Å². The molecule has 0 unspecified atom stereocenters. The number of hydrogen-bond donors (Lipinski definition) is 1. The van der Waals surface area contributed by atoms with Crippen molar-refractivity contribution in [2.75, 3.05) is 5.75 Å². The van der Waals surface area contributed by atoms with Gasteiger partial charge in [-0.2, -0.15) is 0 Å². The topological polar surface area (TPSA) is 72.8 Å². The van der Waals surface area contributed by atoms with Crippen molar-refractivity contribution in [3.63, 3.8) is 0 Å². The molecule has 1 N–H and O–H groups in total. The number of aromatic nitrogens is 4. The average molecular weight is 419 g/mol. The number of thioether (sulfide) groups is 1. The van der Waals surface area contributed by atoms with Gasteiger partial charge in [0, 0.05) is 28.5 Å². The predicted molar refractivity (Wildman–Crippen MR) is 112 cm³/mol. The lowest BCUT2D eigenvalue weighted by atomic mass is 10.2. The summed E-state index contributed by atoms with van der Waals surface area (Å²) >= 11 is 7.33. The van der Waals surface area contributed by atoms with Crippen LogP contribution in [-0.4, -0.2) is 31.3 Å². The number of aromatic amines is 1. The summed E-state index contributed by atoms with van der Waals surface area (Å²) in [5, 5.41) is 8.24. The number of ketones is 1. The fourth-order valence-electron chi connectivity index (χ4n) is 3.04. The Labute approximate surface area is 173 Å². The number of nitrogens with zero attached hydrogens (tertiary/aromatic N) is 3. The minimum Gasteiger partial charge on any atom is -0.486 e. The van der Waals surface area contributed by atoms with Crippen LogP contribution in [0.4, 0.5) is 0 Å². The van der Waals surface area contributed by atoms with Crippen LogP contribution in [0.1, 0.15) is 40.1 Å². The summed E-state index contributed by atoms with van der Waals surface area (Å²) in [5.41, 5.74) is 3.83. The van der Waals surface area contributed by atoms with Crippen molar-refractivity contribution in [1.29, 1.82) is 0 Å². The number of rotatable bonds is 8. The van der Waals surface area contributed by atoms with E-state index in [4.69, 9.17) is 16.3 Å². The van der Waals surface area contributed by atoms with Gasteiger partial charge in [-0.05, 0) is 57.5 Å². The van der Waals surface area contributed by atoms with Crippen LogP contribution in [0, 0.1) is 20.8 Å². The smallest absolute Gasteiger partial charge is 0.208 e. The SMILES string of the molecule is CCn1c(C)cc(C(=O)CSc2n[nH]c(COc3ccc(Cl)c(C)c3)n2)c1C. The number of benzene rings is 1. The van der Waals surface area contributed by atoms with Gasteiger partial charge >= 0.3 is 0 Å². The maximum atomic E-state index is 12.6. The zero-order valence-electron chi connectivity index (χ0n) is 16.4. The molecule has 2 aromatic heterocycles. The summed E-state index contributed by atoms with van der Waals surface area (Å²) in [7, 11) is 0. The number of halogens is 1. The number of H-pyrrole nitrogens is 1. The van der Waals surface area contributed by atoms with Gasteiger partial charge in [-0.3, -0.25) is 9.89 Å². The molecule has 2 heterocycles. The van der Waals surface area contributed by atoms with E-state index in [0.29, 0.717) is 27.5 Å². The molecule has 0 radical (unpaired) electrons. The average Bonchev–Trinajstić information content (AvgIpc) is 3.24. The second kappa shape index (κ2) is 8.84. The highest BCUT2D eigenvalue weighted by Gasteiger charge is 2.16. The van der Waals surface area contributed by atoms with Gasteiger partial charge in [0.1, 0.15) is 12.4 Å². The molecular weight excluding hydrogens is 396 g/mol. The van der Waals surface area contributed by atoms with Crippen LogP contribution in [0.5, 0.6) is 5.75 Å². The molecule has 0 amide bonds. The lowest BCUT2D eigenvalue weighted by Gasteiger charge is -2.05. The van der Waals surface area contributed by atoms with Gasteiger partial charge in [-0.1, -0.05) is 23.4 Å². The van der Waals surface area contributed by atoms with E-state index < -0.39 is 0 Å². The molecule has 0 fully saturated rings. The van der Waals surface area contributed by atoms with Crippen molar-refractivity contribution >= 4 is 29.1 Å². The van der Waals surface area contributed by atoms with Crippen molar-refractivity contribution in [3.05, 3.63) is 57.6 Å². The van der Waals surface area contributed by atoms with Crippen molar-refractivity contribution < 1.29 is 9.53 Å². The number of nitrogens with one attached hydrogen (secondary N) is 1. The number of aryl methyl sites for hydroxylation is 2. The number of hydrogen-bond acceptors (Lipinski definition) is 5. The van der Waals surface area contributed by atoms with E-state index in [2.05, 4.69) is 26.7 Å². The molecule has 0 aliphatic carbocycles. The van der Waals surface area contributed by atoms with E-state index >= 15 is 0 Å². The standard InChI is InChI=1S/C20H23ClN4O2S/c1-5-25-13(3)9-16(14(25)4)18(26)11-28-20-22-19(23-24-20)10-27-15-6-7-17(21)12(2)8-15/h6-9H,5,10-11H2,1-4H3,(H,22,23,24). The fraction of sp³-hybridized carbons (Fsp3) is 0.350. The van der Waals surface area contributed by atoms with Gasteiger partial charge in [0.05, 0.1) is 5.75 Å². The van der Waals surface area contributed by atoms with E-state index in [9.17, 15) is 4.79 Å². The molecule has 0 aliphatic rings. The van der Waals surface area contributed by atoms with Crippen molar-refractivity contribution in [2.24, 2.45) is 0 Å². The van der Waals surface area contributed by atoms with Gasteiger partial charge in [0.2, 0.25) is 5.16 Å². The molecule has 3 aromatic rings. The first kappa shape index (κ1) is 20.5. The first-order valence-electron chi connectivity index (χ1n) is 9.02. The molecule has 28 heavy (non-hydrogen) atoms. The fourth-order valence-corrected chi connectivity index (χ4v) is 3.86. The van der Waals surface area contributed by atoms with Crippen LogP contribution in [-0.2, 0) is 13.2 Å².